The Bertz CT molecular complexity index is 490. The molecule has 2 rings (SSSR count). The second-order valence-electron chi connectivity index (χ2n) is 4.67. The fourth-order valence-corrected chi connectivity index (χ4v) is 2.53. The maximum Gasteiger partial charge on any atom is 0.106 e. The molecule has 0 radical (unpaired) electrons. The predicted octanol–water partition coefficient (Wildman–Crippen LogP) is 4.00. The number of hydrogen-bond acceptors (Lipinski definition) is 1. The highest BCUT2D eigenvalue weighted by molar-refractivity contribution is 6.17. The minimum absolute atomic E-state index is 0.674. The van der Waals surface area contributed by atoms with Crippen LogP contribution in [-0.4, -0.2) is 15.4 Å². The highest BCUT2D eigenvalue weighted by atomic mass is 35.5. The van der Waals surface area contributed by atoms with Gasteiger partial charge in [0.25, 0.3) is 0 Å². The van der Waals surface area contributed by atoms with Crippen LogP contribution in [0.25, 0.3) is 11.0 Å². The lowest BCUT2D eigenvalue weighted by Gasteiger charge is -2.11. The van der Waals surface area contributed by atoms with E-state index in [1.165, 1.54) is 5.52 Å². The molecule has 1 aromatic carbocycles. The average Bonchev–Trinajstić information content (AvgIpc) is 2.62. The summed E-state index contributed by atoms with van der Waals surface area (Å²) in [6.45, 7) is 5.37. The quantitative estimate of drug-likeness (QED) is 0.734. The van der Waals surface area contributed by atoms with Crippen LogP contribution in [0.5, 0.6) is 0 Å². The first-order valence-corrected chi connectivity index (χ1v) is 6.73. The van der Waals surface area contributed by atoms with Crippen molar-refractivity contribution in [1.82, 2.24) is 9.55 Å². The lowest BCUT2D eigenvalue weighted by Crippen LogP contribution is -2.05. The molecule has 17 heavy (non-hydrogen) atoms. The Morgan fingerprint density at radius 3 is 2.82 bits per heavy atom. The Morgan fingerprint density at radius 1 is 1.29 bits per heavy atom. The van der Waals surface area contributed by atoms with Crippen molar-refractivity contribution in [1.29, 1.82) is 0 Å². The molecule has 1 atom stereocenters. The Morgan fingerprint density at radius 2 is 2.06 bits per heavy atom. The normalized spacial score (nSPS) is 13.1. The topological polar surface area (TPSA) is 17.8 Å². The van der Waals surface area contributed by atoms with Crippen LogP contribution in [0.1, 0.15) is 25.6 Å². The molecule has 0 aliphatic heterocycles. The molecule has 0 spiro atoms. The van der Waals surface area contributed by atoms with Gasteiger partial charge in [-0.15, -0.1) is 11.6 Å². The summed E-state index contributed by atoms with van der Waals surface area (Å²) in [7, 11) is 0. The average molecular weight is 251 g/mol. The molecule has 0 fully saturated rings. The standard InChI is InChI=1S/C14H19ClN2/c1-11(7-9-15)8-10-17-12(2)16-13-5-3-4-6-14(13)17/h3-6,11H,7-10H2,1-2H3. The summed E-state index contributed by atoms with van der Waals surface area (Å²) in [6, 6.07) is 8.32. The molecule has 2 aromatic rings. The Kier molecular flexibility index (Phi) is 4.06. The third kappa shape index (κ3) is 2.81. The minimum atomic E-state index is 0.674. The van der Waals surface area contributed by atoms with Crippen LogP contribution in [-0.2, 0) is 6.54 Å². The lowest BCUT2D eigenvalue weighted by atomic mass is 10.1. The first kappa shape index (κ1) is 12.4. The van der Waals surface area contributed by atoms with Crippen LogP contribution in [0.2, 0.25) is 0 Å². The Balaban J connectivity index is 2.15. The fraction of sp³-hybridized carbons (Fsp3) is 0.500. The van der Waals surface area contributed by atoms with Crippen LogP contribution in [0.15, 0.2) is 24.3 Å². The summed E-state index contributed by atoms with van der Waals surface area (Å²) in [6.07, 6.45) is 2.25. The molecular weight excluding hydrogens is 232 g/mol. The molecule has 3 heteroatoms. The van der Waals surface area contributed by atoms with Crippen LogP contribution < -0.4 is 0 Å². The van der Waals surface area contributed by atoms with E-state index in [-0.39, 0.29) is 0 Å². The van der Waals surface area contributed by atoms with Crippen LogP contribution in [0, 0.1) is 12.8 Å². The highest BCUT2D eigenvalue weighted by Crippen LogP contribution is 2.18. The smallest absolute Gasteiger partial charge is 0.106 e. The largest absolute Gasteiger partial charge is 0.328 e. The second-order valence-corrected chi connectivity index (χ2v) is 5.05. The molecule has 0 saturated heterocycles. The van der Waals surface area contributed by atoms with E-state index < -0.39 is 0 Å². The number of fused-ring (bicyclic) bond motifs is 1. The number of para-hydroxylation sites is 2. The maximum atomic E-state index is 5.76. The van der Waals surface area contributed by atoms with Gasteiger partial charge in [0.1, 0.15) is 5.82 Å². The number of aryl methyl sites for hydroxylation is 2. The number of imidazole rings is 1. The number of hydrogen-bond donors (Lipinski definition) is 0. The maximum absolute atomic E-state index is 5.76. The van der Waals surface area contributed by atoms with Crippen molar-refractivity contribution < 1.29 is 0 Å². The molecule has 1 unspecified atom stereocenters. The number of alkyl halides is 1. The van der Waals surface area contributed by atoms with Gasteiger partial charge >= 0.3 is 0 Å². The molecule has 2 nitrogen and oxygen atoms in total. The van der Waals surface area contributed by atoms with Gasteiger partial charge in [-0.05, 0) is 37.8 Å². The third-order valence-electron chi connectivity index (χ3n) is 3.29. The van der Waals surface area contributed by atoms with E-state index in [1.54, 1.807) is 0 Å². The Labute approximate surface area is 108 Å². The summed E-state index contributed by atoms with van der Waals surface area (Å²) in [5.41, 5.74) is 2.33. The van der Waals surface area contributed by atoms with Crippen LogP contribution >= 0.6 is 11.6 Å². The monoisotopic (exact) mass is 250 g/mol. The van der Waals surface area contributed by atoms with E-state index >= 15 is 0 Å². The molecule has 92 valence electrons. The number of nitrogens with zero attached hydrogens (tertiary/aromatic N) is 2. The molecule has 0 aliphatic rings. The first-order valence-electron chi connectivity index (χ1n) is 6.20. The van der Waals surface area contributed by atoms with Crippen LogP contribution in [0.3, 0.4) is 0 Å². The SMILES string of the molecule is Cc1nc2ccccc2n1CCC(C)CCCl. The van der Waals surface area contributed by atoms with Gasteiger partial charge in [-0.1, -0.05) is 19.1 Å². The number of aromatic nitrogens is 2. The molecule has 0 bridgehead atoms. The van der Waals surface area contributed by atoms with Gasteiger partial charge < -0.3 is 4.57 Å². The third-order valence-corrected chi connectivity index (χ3v) is 3.51. The van der Waals surface area contributed by atoms with Crippen molar-refractivity contribution >= 4 is 22.6 Å². The van der Waals surface area contributed by atoms with Crippen molar-refractivity contribution in [2.75, 3.05) is 5.88 Å². The van der Waals surface area contributed by atoms with Crippen molar-refractivity contribution in [2.24, 2.45) is 5.92 Å². The van der Waals surface area contributed by atoms with Crippen molar-refractivity contribution in [2.45, 2.75) is 33.2 Å². The van der Waals surface area contributed by atoms with Gasteiger partial charge in [0.05, 0.1) is 11.0 Å². The van der Waals surface area contributed by atoms with E-state index in [4.69, 9.17) is 11.6 Å². The summed E-state index contributed by atoms with van der Waals surface area (Å²) < 4.78 is 2.31. The minimum Gasteiger partial charge on any atom is -0.328 e. The lowest BCUT2D eigenvalue weighted by molar-refractivity contribution is 0.471. The molecule has 0 saturated carbocycles. The fourth-order valence-electron chi connectivity index (χ4n) is 2.16. The highest BCUT2D eigenvalue weighted by Gasteiger charge is 2.08. The molecule has 1 heterocycles. The van der Waals surface area contributed by atoms with Crippen molar-refractivity contribution in [3.63, 3.8) is 0 Å². The number of benzene rings is 1. The summed E-state index contributed by atoms with van der Waals surface area (Å²) in [5, 5.41) is 0. The zero-order chi connectivity index (χ0) is 12.3. The molecule has 0 aliphatic carbocycles. The second kappa shape index (κ2) is 5.54. The van der Waals surface area contributed by atoms with E-state index in [0.29, 0.717) is 5.92 Å². The van der Waals surface area contributed by atoms with Gasteiger partial charge in [0.2, 0.25) is 0 Å². The van der Waals surface area contributed by atoms with Gasteiger partial charge in [0, 0.05) is 12.4 Å². The zero-order valence-corrected chi connectivity index (χ0v) is 11.2. The van der Waals surface area contributed by atoms with E-state index in [9.17, 15) is 0 Å². The van der Waals surface area contributed by atoms with Crippen LogP contribution in [0.4, 0.5) is 0 Å². The number of rotatable bonds is 5. The van der Waals surface area contributed by atoms with E-state index in [0.717, 1.165) is 36.6 Å². The van der Waals surface area contributed by atoms with Gasteiger partial charge in [-0.2, -0.15) is 0 Å². The first-order chi connectivity index (χ1) is 8.22. The number of halogens is 1. The predicted molar refractivity (Wildman–Crippen MR) is 73.6 cm³/mol. The van der Waals surface area contributed by atoms with E-state index in [2.05, 4.69) is 41.6 Å². The molecule has 0 amide bonds. The van der Waals surface area contributed by atoms with Gasteiger partial charge in [0.15, 0.2) is 0 Å². The summed E-state index contributed by atoms with van der Waals surface area (Å²) in [4.78, 5) is 4.57. The summed E-state index contributed by atoms with van der Waals surface area (Å²) >= 11 is 5.76. The van der Waals surface area contributed by atoms with Crippen molar-refractivity contribution in [3.8, 4) is 0 Å². The molecule has 1 aromatic heterocycles. The van der Waals surface area contributed by atoms with Gasteiger partial charge in [-0.3, -0.25) is 0 Å². The van der Waals surface area contributed by atoms with Crippen molar-refractivity contribution in [3.05, 3.63) is 30.1 Å². The molecular formula is C14H19ClN2. The molecule has 0 N–H and O–H groups in total. The Hall–Kier alpha value is -1.02. The summed E-state index contributed by atoms with van der Waals surface area (Å²) in [5.74, 6) is 2.53. The van der Waals surface area contributed by atoms with Gasteiger partial charge in [-0.25, -0.2) is 4.98 Å². The van der Waals surface area contributed by atoms with E-state index in [1.807, 2.05) is 6.07 Å². The zero-order valence-electron chi connectivity index (χ0n) is 10.5.